The van der Waals surface area contributed by atoms with Gasteiger partial charge in [0.15, 0.2) is 5.78 Å². The molecule has 92 valence electrons. The van der Waals surface area contributed by atoms with E-state index in [1.807, 2.05) is 32.0 Å². The van der Waals surface area contributed by atoms with E-state index in [9.17, 15) is 4.79 Å². The van der Waals surface area contributed by atoms with Crippen LogP contribution in [0.2, 0.25) is 5.02 Å². The fraction of sp³-hybridized carbons (Fsp3) is 0.133. The zero-order valence-electron chi connectivity index (χ0n) is 10.3. The average molecular weight is 260 g/mol. The lowest BCUT2D eigenvalue weighted by Gasteiger charge is -2.07. The molecule has 0 aliphatic heterocycles. The van der Waals surface area contributed by atoms with Gasteiger partial charge < -0.3 is 5.73 Å². The van der Waals surface area contributed by atoms with Crippen molar-refractivity contribution >= 4 is 23.1 Å². The van der Waals surface area contributed by atoms with Gasteiger partial charge in [-0.3, -0.25) is 4.79 Å². The Morgan fingerprint density at radius 2 is 1.78 bits per heavy atom. The molecule has 2 nitrogen and oxygen atoms in total. The minimum Gasteiger partial charge on any atom is -0.398 e. The van der Waals surface area contributed by atoms with Gasteiger partial charge >= 0.3 is 0 Å². The molecule has 3 heteroatoms. The second-order valence-electron chi connectivity index (χ2n) is 4.36. The van der Waals surface area contributed by atoms with Gasteiger partial charge in [-0.25, -0.2) is 0 Å². The van der Waals surface area contributed by atoms with Crippen molar-refractivity contribution in [1.29, 1.82) is 0 Å². The molecule has 0 saturated heterocycles. The largest absolute Gasteiger partial charge is 0.398 e. The molecule has 0 unspecified atom stereocenters. The summed E-state index contributed by atoms with van der Waals surface area (Å²) >= 11 is 5.82. The number of nitrogens with two attached hydrogens (primary N) is 1. The highest BCUT2D eigenvalue weighted by Crippen LogP contribution is 2.22. The van der Waals surface area contributed by atoms with E-state index in [1.54, 1.807) is 18.2 Å². The van der Waals surface area contributed by atoms with Crippen LogP contribution in [-0.4, -0.2) is 5.78 Å². The SMILES string of the molecule is Cc1ccc(C(=O)c2ccc(Cl)cc2N)cc1C. The molecule has 2 rings (SSSR count). The molecule has 2 aromatic carbocycles. The van der Waals surface area contributed by atoms with Crippen molar-refractivity contribution in [2.45, 2.75) is 13.8 Å². The van der Waals surface area contributed by atoms with Gasteiger partial charge in [0, 0.05) is 21.8 Å². The van der Waals surface area contributed by atoms with Gasteiger partial charge in [-0.1, -0.05) is 23.7 Å². The highest BCUT2D eigenvalue weighted by atomic mass is 35.5. The Balaban J connectivity index is 2.44. The van der Waals surface area contributed by atoms with Gasteiger partial charge in [0.2, 0.25) is 0 Å². The summed E-state index contributed by atoms with van der Waals surface area (Å²) in [6, 6.07) is 10.6. The summed E-state index contributed by atoms with van der Waals surface area (Å²) in [5.74, 6) is -0.0766. The Morgan fingerprint density at radius 3 is 2.39 bits per heavy atom. The molecule has 2 aromatic rings. The van der Waals surface area contributed by atoms with Gasteiger partial charge in [0.25, 0.3) is 0 Å². The fourth-order valence-electron chi connectivity index (χ4n) is 1.78. The topological polar surface area (TPSA) is 43.1 Å². The number of hydrogen-bond acceptors (Lipinski definition) is 2. The van der Waals surface area contributed by atoms with Crippen LogP contribution in [0.15, 0.2) is 36.4 Å². The number of carbonyl (C=O) groups excluding carboxylic acids is 1. The summed E-state index contributed by atoms with van der Waals surface area (Å²) in [6.07, 6.45) is 0. The highest BCUT2D eigenvalue weighted by molar-refractivity contribution is 6.31. The van der Waals surface area contributed by atoms with Crippen molar-refractivity contribution in [3.05, 3.63) is 63.7 Å². The molecule has 0 aliphatic rings. The van der Waals surface area contributed by atoms with Crippen LogP contribution in [0.5, 0.6) is 0 Å². The van der Waals surface area contributed by atoms with Gasteiger partial charge in [-0.15, -0.1) is 0 Å². The number of ketones is 1. The third kappa shape index (κ3) is 2.39. The molecule has 0 aliphatic carbocycles. The number of aryl methyl sites for hydroxylation is 2. The number of carbonyl (C=O) groups is 1. The van der Waals surface area contributed by atoms with Gasteiger partial charge in [0.05, 0.1) is 0 Å². The Hall–Kier alpha value is -1.80. The van der Waals surface area contributed by atoms with Crippen LogP contribution in [0.1, 0.15) is 27.0 Å². The fourth-order valence-corrected chi connectivity index (χ4v) is 1.96. The molecule has 2 N–H and O–H groups in total. The molecular formula is C15H14ClNO. The Kier molecular flexibility index (Phi) is 3.39. The maximum Gasteiger partial charge on any atom is 0.195 e. The van der Waals surface area contributed by atoms with Crippen LogP contribution in [0.25, 0.3) is 0 Å². The molecule has 0 heterocycles. The van der Waals surface area contributed by atoms with E-state index in [0.717, 1.165) is 11.1 Å². The standard InChI is InChI=1S/C15H14ClNO/c1-9-3-4-11(7-10(9)2)15(18)13-6-5-12(16)8-14(13)17/h3-8H,17H2,1-2H3. The smallest absolute Gasteiger partial charge is 0.195 e. The van der Waals surface area contributed by atoms with Crippen molar-refractivity contribution in [1.82, 2.24) is 0 Å². The molecule has 0 fully saturated rings. The van der Waals surface area contributed by atoms with Crippen LogP contribution < -0.4 is 5.73 Å². The van der Waals surface area contributed by atoms with Crippen LogP contribution >= 0.6 is 11.6 Å². The van der Waals surface area contributed by atoms with E-state index in [4.69, 9.17) is 17.3 Å². The average Bonchev–Trinajstić information content (AvgIpc) is 2.32. The molecular weight excluding hydrogens is 246 g/mol. The zero-order chi connectivity index (χ0) is 13.3. The molecule has 0 atom stereocenters. The van der Waals surface area contributed by atoms with Crippen LogP contribution in [0, 0.1) is 13.8 Å². The maximum absolute atomic E-state index is 12.3. The highest BCUT2D eigenvalue weighted by Gasteiger charge is 2.13. The zero-order valence-corrected chi connectivity index (χ0v) is 11.1. The molecule has 0 radical (unpaired) electrons. The lowest BCUT2D eigenvalue weighted by molar-refractivity contribution is 0.103. The summed E-state index contributed by atoms with van der Waals surface area (Å²) in [7, 11) is 0. The van der Waals surface area contributed by atoms with Crippen molar-refractivity contribution in [3.63, 3.8) is 0 Å². The first-order valence-electron chi connectivity index (χ1n) is 5.66. The van der Waals surface area contributed by atoms with Gasteiger partial charge in [0.1, 0.15) is 0 Å². The van der Waals surface area contributed by atoms with Crippen molar-refractivity contribution < 1.29 is 4.79 Å². The number of rotatable bonds is 2. The minimum absolute atomic E-state index is 0.0766. The first kappa shape index (κ1) is 12.7. The molecule has 0 saturated carbocycles. The van der Waals surface area contributed by atoms with Crippen LogP contribution in [0.4, 0.5) is 5.69 Å². The Labute approximate surface area is 111 Å². The molecule has 0 amide bonds. The van der Waals surface area contributed by atoms with Crippen LogP contribution in [-0.2, 0) is 0 Å². The van der Waals surface area contributed by atoms with Crippen LogP contribution in [0.3, 0.4) is 0 Å². The summed E-state index contributed by atoms with van der Waals surface area (Å²) in [6.45, 7) is 4.00. The summed E-state index contributed by atoms with van der Waals surface area (Å²) < 4.78 is 0. The number of hydrogen-bond donors (Lipinski definition) is 1. The second-order valence-corrected chi connectivity index (χ2v) is 4.80. The monoisotopic (exact) mass is 259 g/mol. The van der Waals surface area contributed by atoms with E-state index in [1.165, 1.54) is 0 Å². The predicted octanol–water partition coefficient (Wildman–Crippen LogP) is 3.77. The summed E-state index contributed by atoms with van der Waals surface area (Å²) in [5.41, 5.74) is 9.62. The quantitative estimate of drug-likeness (QED) is 0.659. The first-order valence-corrected chi connectivity index (χ1v) is 6.04. The summed E-state index contributed by atoms with van der Waals surface area (Å²) in [5, 5.41) is 0.532. The van der Waals surface area contributed by atoms with Crippen molar-refractivity contribution in [2.75, 3.05) is 5.73 Å². The lowest BCUT2D eigenvalue weighted by Crippen LogP contribution is -2.05. The molecule has 0 bridgehead atoms. The third-order valence-corrected chi connectivity index (χ3v) is 3.26. The number of anilines is 1. The molecule has 0 aromatic heterocycles. The number of nitrogen functional groups attached to an aromatic ring is 1. The van der Waals surface area contributed by atoms with Crippen molar-refractivity contribution in [2.24, 2.45) is 0 Å². The summed E-state index contributed by atoms with van der Waals surface area (Å²) in [4.78, 5) is 12.3. The molecule has 0 spiro atoms. The van der Waals surface area contributed by atoms with E-state index in [2.05, 4.69) is 0 Å². The van der Waals surface area contributed by atoms with Gasteiger partial charge in [-0.2, -0.15) is 0 Å². The third-order valence-electron chi connectivity index (χ3n) is 3.03. The van der Waals surface area contributed by atoms with E-state index in [0.29, 0.717) is 21.8 Å². The normalized spacial score (nSPS) is 10.4. The molecule has 18 heavy (non-hydrogen) atoms. The van der Waals surface area contributed by atoms with E-state index < -0.39 is 0 Å². The van der Waals surface area contributed by atoms with Crippen molar-refractivity contribution in [3.8, 4) is 0 Å². The van der Waals surface area contributed by atoms with E-state index in [-0.39, 0.29) is 5.78 Å². The Morgan fingerprint density at radius 1 is 1.06 bits per heavy atom. The first-order chi connectivity index (χ1) is 8.49. The van der Waals surface area contributed by atoms with E-state index >= 15 is 0 Å². The Bertz CT molecular complexity index is 620. The number of benzene rings is 2. The lowest BCUT2D eigenvalue weighted by atomic mass is 9.98. The predicted molar refractivity (Wildman–Crippen MR) is 75.2 cm³/mol. The number of halogens is 1. The maximum atomic E-state index is 12.3. The second kappa shape index (κ2) is 4.83. The minimum atomic E-state index is -0.0766. The van der Waals surface area contributed by atoms with Gasteiger partial charge in [-0.05, 0) is 49.2 Å².